The summed E-state index contributed by atoms with van der Waals surface area (Å²) in [5, 5.41) is 0. The molecule has 0 unspecified atom stereocenters. The molecule has 0 N–H and O–H groups in total. The highest BCUT2D eigenvalue weighted by molar-refractivity contribution is 5.46. The van der Waals surface area contributed by atoms with Crippen molar-refractivity contribution in [3.8, 4) is 11.5 Å². The van der Waals surface area contributed by atoms with Crippen molar-refractivity contribution >= 4 is 0 Å². The van der Waals surface area contributed by atoms with Crippen molar-refractivity contribution in [2.75, 3.05) is 13.7 Å². The first kappa shape index (κ1) is 7.47. The van der Waals surface area contributed by atoms with Crippen LogP contribution in [0.4, 0.5) is 0 Å². The van der Waals surface area contributed by atoms with E-state index in [1.807, 2.05) is 18.2 Å². The van der Waals surface area contributed by atoms with Crippen LogP contribution in [0.1, 0.15) is 5.56 Å². The molecule has 0 saturated carbocycles. The first-order valence-electron chi connectivity index (χ1n) is 4.02. The van der Waals surface area contributed by atoms with Crippen LogP contribution in [0, 0.1) is 6.42 Å². The van der Waals surface area contributed by atoms with Gasteiger partial charge in [-0.2, -0.15) is 0 Å². The fourth-order valence-electron chi connectivity index (χ4n) is 1.43. The Morgan fingerprint density at radius 3 is 3.17 bits per heavy atom. The van der Waals surface area contributed by atoms with Gasteiger partial charge in [0.2, 0.25) is 0 Å². The third kappa shape index (κ3) is 1.13. The molecule has 2 rings (SSSR count). The van der Waals surface area contributed by atoms with Crippen molar-refractivity contribution in [1.82, 2.24) is 0 Å². The molecule has 0 aromatic heterocycles. The topological polar surface area (TPSA) is 18.5 Å². The molecule has 1 radical (unpaired) electrons. The average Bonchev–Trinajstić information content (AvgIpc) is 2.17. The molecular weight excluding hydrogens is 152 g/mol. The first-order valence-corrected chi connectivity index (χ1v) is 4.02. The molecule has 0 bridgehead atoms. The van der Waals surface area contributed by atoms with Crippen LogP contribution in [0.5, 0.6) is 11.5 Å². The number of rotatable bonds is 1. The maximum Gasteiger partial charge on any atom is 0.126 e. The summed E-state index contributed by atoms with van der Waals surface area (Å²) >= 11 is 0. The molecule has 1 aromatic rings. The predicted octanol–water partition coefficient (Wildman–Crippen LogP) is 1.83. The Labute approximate surface area is 72.1 Å². The van der Waals surface area contributed by atoms with Crippen LogP contribution >= 0.6 is 0 Å². The van der Waals surface area contributed by atoms with Crippen LogP contribution in [0.2, 0.25) is 0 Å². The van der Waals surface area contributed by atoms with Gasteiger partial charge in [-0.15, -0.1) is 0 Å². The molecule has 0 fully saturated rings. The molecule has 2 nitrogen and oxygen atoms in total. The minimum Gasteiger partial charge on any atom is -0.496 e. The van der Waals surface area contributed by atoms with E-state index in [0.717, 1.165) is 23.5 Å². The Kier molecular flexibility index (Phi) is 1.90. The Hall–Kier alpha value is -1.18. The van der Waals surface area contributed by atoms with E-state index in [9.17, 15) is 0 Å². The Balaban J connectivity index is 2.44. The third-order valence-electron chi connectivity index (χ3n) is 2.02. The van der Waals surface area contributed by atoms with Gasteiger partial charge in [0.1, 0.15) is 11.5 Å². The fraction of sp³-hybridized carbons (Fsp3) is 0.300. The summed E-state index contributed by atoms with van der Waals surface area (Å²) in [4.78, 5) is 0. The summed E-state index contributed by atoms with van der Waals surface area (Å²) in [6.45, 7) is 0.708. The van der Waals surface area contributed by atoms with Crippen LogP contribution in [0.15, 0.2) is 18.2 Å². The lowest BCUT2D eigenvalue weighted by Gasteiger charge is -2.18. The van der Waals surface area contributed by atoms with E-state index < -0.39 is 0 Å². The smallest absolute Gasteiger partial charge is 0.126 e. The molecule has 0 atom stereocenters. The van der Waals surface area contributed by atoms with Gasteiger partial charge in [-0.05, 0) is 18.6 Å². The second-order valence-corrected chi connectivity index (χ2v) is 2.74. The molecule has 2 heteroatoms. The predicted molar refractivity (Wildman–Crippen MR) is 46.5 cm³/mol. The summed E-state index contributed by atoms with van der Waals surface area (Å²) < 4.78 is 10.6. The highest BCUT2D eigenvalue weighted by atomic mass is 16.5. The lowest BCUT2D eigenvalue weighted by molar-refractivity contribution is 0.320. The zero-order chi connectivity index (χ0) is 8.39. The summed E-state index contributed by atoms with van der Waals surface area (Å²) in [7, 11) is 1.68. The van der Waals surface area contributed by atoms with Gasteiger partial charge in [0.15, 0.2) is 0 Å². The third-order valence-corrected chi connectivity index (χ3v) is 2.02. The molecule has 12 heavy (non-hydrogen) atoms. The van der Waals surface area contributed by atoms with Crippen LogP contribution in [0.3, 0.4) is 0 Å². The van der Waals surface area contributed by atoms with Gasteiger partial charge in [-0.1, -0.05) is 6.07 Å². The Morgan fingerprint density at radius 2 is 2.33 bits per heavy atom. The van der Waals surface area contributed by atoms with Gasteiger partial charge in [0, 0.05) is 12.0 Å². The quantitative estimate of drug-likeness (QED) is 0.628. The lowest BCUT2D eigenvalue weighted by atomic mass is 10.1. The maximum atomic E-state index is 5.43. The first-order chi connectivity index (χ1) is 5.92. The SMILES string of the molecule is COc1cccc2c1C[CH]CO2. The standard InChI is InChI=1S/C10H11O2/c1-11-9-5-2-6-10-8(9)4-3-7-12-10/h2-3,5-6H,4,7H2,1H3. The summed E-state index contributed by atoms with van der Waals surface area (Å²) in [5.41, 5.74) is 1.16. The van der Waals surface area contributed by atoms with Gasteiger partial charge < -0.3 is 9.47 Å². The van der Waals surface area contributed by atoms with Crippen molar-refractivity contribution in [3.05, 3.63) is 30.2 Å². The number of fused-ring (bicyclic) bond motifs is 1. The van der Waals surface area contributed by atoms with Gasteiger partial charge in [-0.3, -0.25) is 0 Å². The molecule has 63 valence electrons. The van der Waals surface area contributed by atoms with Crippen molar-refractivity contribution in [2.45, 2.75) is 6.42 Å². The largest absolute Gasteiger partial charge is 0.496 e. The average molecular weight is 163 g/mol. The number of benzene rings is 1. The molecule has 0 spiro atoms. The van der Waals surface area contributed by atoms with Gasteiger partial charge in [-0.25, -0.2) is 0 Å². The van der Waals surface area contributed by atoms with Crippen molar-refractivity contribution < 1.29 is 9.47 Å². The van der Waals surface area contributed by atoms with Crippen molar-refractivity contribution in [1.29, 1.82) is 0 Å². The highest BCUT2D eigenvalue weighted by Crippen LogP contribution is 2.31. The van der Waals surface area contributed by atoms with Gasteiger partial charge in [0.05, 0.1) is 13.7 Å². The van der Waals surface area contributed by atoms with Gasteiger partial charge in [0.25, 0.3) is 0 Å². The molecule has 0 aliphatic carbocycles. The normalized spacial score (nSPS) is 14.8. The summed E-state index contributed by atoms with van der Waals surface area (Å²) in [6.07, 6.45) is 3.05. The summed E-state index contributed by atoms with van der Waals surface area (Å²) in [5.74, 6) is 1.88. The molecule has 0 saturated heterocycles. The molecule has 1 aliphatic rings. The molecule has 1 aliphatic heterocycles. The van der Waals surface area contributed by atoms with Crippen LogP contribution in [0.25, 0.3) is 0 Å². The second kappa shape index (κ2) is 3.05. The molecule has 0 amide bonds. The van der Waals surface area contributed by atoms with E-state index in [2.05, 4.69) is 6.42 Å². The Bertz CT molecular complexity index is 267. The number of hydrogen-bond donors (Lipinski definition) is 0. The van der Waals surface area contributed by atoms with E-state index in [1.165, 1.54) is 0 Å². The molecule has 1 heterocycles. The van der Waals surface area contributed by atoms with E-state index in [1.54, 1.807) is 7.11 Å². The minimum absolute atomic E-state index is 0.708. The number of hydrogen-bond acceptors (Lipinski definition) is 2. The van der Waals surface area contributed by atoms with Crippen LogP contribution < -0.4 is 9.47 Å². The van der Waals surface area contributed by atoms with E-state index in [0.29, 0.717) is 6.61 Å². The monoisotopic (exact) mass is 163 g/mol. The van der Waals surface area contributed by atoms with Crippen molar-refractivity contribution in [3.63, 3.8) is 0 Å². The fourth-order valence-corrected chi connectivity index (χ4v) is 1.43. The van der Waals surface area contributed by atoms with Crippen LogP contribution in [-0.4, -0.2) is 13.7 Å². The number of ether oxygens (including phenoxy) is 2. The number of methoxy groups -OCH3 is 1. The molecule has 1 aromatic carbocycles. The highest BCUT2D eigenvalue weighted by Gasteiger charge is 2.13. The second-order valence-electron chi connectivity index (χ2n) is 2.74. The zero-order valence-electron chi connectivity index (χ0n) is 7.04. The Morgan fingerprint density at radius 1 is 1.42 bits per heavy atom. The molecular formula is C10H11O2. The van der Waals surface area contributed by atoms with E-state index >= 15 is 0 Å². The summed E-state index contributed by atoms with van der Waals surface area (Å²) in [6, 6.07) is 5.88. The van der Waals surface area contributed by atoms with E-state index in [-0.39, 0.29) is 0 Å². The van der Waals surface area contributed by atoms with E-state index in [4.69, 9.17) is 9.47 Å². The minimum atomic E-state index is 0.708. The van der Waals surface area contributed by atoms with Crippen molar-refractivity contribution in [2.24, 2.45) is 0 Å². The maximum absolute atomic E-state index is 5.43. The zero-order valence-corrected chi connectivity index (χ0v) is 7.04. The van der Waals surface area contributed by atoms with Gasteiger partial charge >= 0.3 is 0 Å². The van der Waals surface area contributed by atoms with Crippen LogP contribution in [-0.2, 0) is 6.42 Å². The lowest BCUT2D eigenvalue weighted by Crippen LogP contribution is -2.09.